The number of nitrogens with one attached hydrogen (secondary N) is 2. The van der Waals surface area contributed by atoms with E-state index >= 15 is 0 Å². The maximum atomic E-state index is 12.3. The van der Waals surface area contributed by atoms with Gasteiger partial charge >= 0.3 is 0 Å². The lowest BCUT2D eigenvalue weighted by Crippen LogP contribution is -2.41. The topological polar surface area (TPSA) is 59.6 Å². The molecule has 1 amide bonds. The Morgan fingerprint density at radius 1 is 1.45 bits per heavy atom. The predicted octanol–water partition coefficient (Wildman–Crippen LogP) is 1.65. The monoisotopic (exact) mass is 278 g/mol. The van der Waals surface area contributed by atoms with Gasteiger partial charge in [-0.05, 0) is 25.1 Å². The van der Waals surface area contributed by atoms with Crippen molar-refractivity contribution < 1.29 is 14.3 Å². The van der Waals surface area contributed by atoms with Crippen molar-refractivity contribution in [2.75, 3.05) is 32.2 Å². The zero-order chi connectivity index (χ0) is 14.4. The summed E-state index contributed by atoms with van der Waals surface area (Å²) in [5.74, 6) is 0.572. The van der Waals surface area contributed by atoms with Crippen LogP contribution in [-0.4, -0.2) is 38.8 Å². The summed E-state index contributed by atoms with van der Waals surface area (Å²) in [6.45, 7) is 4.07. The molecule has 0 radical (unpaired) electrons. The van der Waals surface area contributed by atoms with Gasteiger partial charge in [0.05, 0.1) is 26.2 Å². The number of carbonyl (C=O) groups is 1. The average Bonchev–Trinajstić information content (AvgIpc) is 2.93. The van der Waals surface area contributed by atoms with Crippen molar-refractivity contribution in [1.82, 2.24) is 5.32 Å². The van der Waals surface area contributed by atoms with Crippen LogP contribution in [0.2, 0.25) is 0 Å². The number of hydrogen-bond acceptors (Lipinski definition) is 4. The summed E-state index contributed by atoms with van der Waals surface area (Å²) in [4.78, 5) is 12.3. The zero-order valence-electron chi connectivity index (χ0n) is 12.0. The second kappa shape index (κ2) is 7.26. The third kappa shape index (κ3) is 3.71. The van der Waals surface area contributed by atoms with Crippen molar-refractivity contribution in [3.8, 4) is 5.75 Å². The van der Waals surface area contributed by atoms with Crippen LogP contribution in [0.5, 0.6) is 5.75 Å². The smallest absolute Gasteiger partial charge is 0.231 e. The van der Waals surface area contributed by atoms with E-state index in [4.69, 9.17) is 9.47 Å². The first-order valence-electron chi connectivity index (χ1n) is 7.00. The fourth-order valence-corrected chi connectivity index (χ4v) is 2.28. The largest absolute Gasteiger partial charge is 0.497 e. The van der Waals surface area contributed by atoms with Gasteiger partial charge in [0.1, 0.15) is 5.75 Å². The van der Waals surface area contributed by atoms with Gasteiger partial charge in [0.2, 0.25) is 5.91 Å². The van der Waals surface area contributed by atoms with E-state index in [9.17, 15) is 4.79 Å². The Bertz CT molecular complexity index is 450. The van der Waals surface area contributed by atoms with Gasteiger partial charge in [0, 0.05) is 17.8 Å². The summed E-state index contributed by atoms with van der Waals surface area (Å²) in [7, 11) is 1.61. The van der Waals surface area contributed by atoms with E-state index in [0.29, 0.717) is 13.2 Å². The van der Waals surface area contributed by atoms with Gasteiger partial charge in [-0.3, -0.25) is 4.79 Å². The molecule has 0 aliphatic carbocycles. The number of methoxy groups -OCH3 is 1. The van der Waals surface area contributed by atoms with E-state index in [1.165, 1.54) is 0 Å². The highest BCUT2D eigenvalue weighted by molar-refractivity contribution is 5.93. The highest BCUT2D eigenvalue weighted by Crippen LogP contribution is 2.20. The lowest BCUT2D eigenvalue weighted by Gasteiger charge is -2.18. The molecule has 1 saturated heterocycles. The number of amides is 1. The van der Waals surface area contributed by atoms with Crippen LogP contribution in [0.3, 0.4) is 0 Å². The lowest BCUT2D eigenvalue weighted by atomic mass is 10.0. The summed E-state index contributed by atoms with van der Waals surface area (Å²) < 4.78 is 10.6. The molecule has 5 nitrogen and oxygen atoms in total. The van der Waals surface area contributed by atoms with Crippen molar-refractivity contribution in [1.29, 1.82) is 0 Å². The molecular formula is C15H22N2O3. The maximum Gasteiger partial charge on any atom is 0.231 e. The van der Waals surface area contributed by atoms with Crippen LogP contribution in [-0.2, 0) is 9.53 Å². The first-order valence-corrected chi connectivity index (χ1v) is 7.00. The zero-order valence-corrected chi connectivity index (χ0v) is 12.0. The van der Waals surface area contributed by atoms with Crippen LogP contribution in [0.15, 0.2) is 24.3 Å². The molecule has 0 bridgehead atoms. The van der Waals surface area contributed by atoms with Gasteiger partial charge in [-0.25, -0.2) is 0 Å². The van der Waals surface area contributed by atoms with Gasteiger partial charge in [-0.2, -0.15) is 0 Å². The Morgan fingerprint density at radius 3 is 3.05 bits per heavy atom. The van der Waals surface area contributed by atoms with Gasteiger partial charge in [0.25, 0.3) is 0 Å². The average molecular weight is 278 g/mol. The van der Waals surface area contributed by atoms with E-state index in [1.54, 1.807) is 7.11 Å². The van der Waals surface area contributed by atoms with Gasteiger partial charge in [-0.1, -0.05) is 13.0 Å². The molecule has 20 heavy (non-hydrogen) atoms. The van der Waals surface area contributed by atoms with Gasteiger partial charge in [-0.15, -0.1) is 0 Å². The summed E-state index contributed by atoms with van der Waals surface area (Å²) in [6, 6.07) is 7.46. The van der Waals surface area contributed by atoms with Crippen molar-refractivity contribution in [2.24, 2.45) is 5.92 Å². The van der Waals surface area contributed by atoms with Crippen molar-refractivity contribution in [2.45, 2.75) is 19.4 Å². The number of rotatable bonds is 6. The van der Waals surface area contributed by atoms with Crippen LogP contribution in [0, 0.1) is 5.92 Å². The summed E-state index contributed by atoms with van der Waals surface area (Å²) in [5, 5.41) is 6.29. The summed E-state index contributed by atoms with van der Waals surface area (Å²) >= 11 is 0. The van der Waals surface area contributed by atoms with Crippen LogP contribution >= 0.6 is 0 Å². The van der Waals surface area contributed by atoms with Crippen LogP contribution in [0.4, 0.5) is 5.69 Å². The lowest BCUT2D eigenvalue weighted by molar-refractivity contribution is -0.120. The van der Waals surface area contributed by atoms with Crippen molar-refractivity contribution in [3.63, 3.8) is 0 Å². The molecule has 5 heteroatoms. The first-order chi connectivity index (χ1) is 9.74. The minimum atomic E-state index is -0.146. The molecule has 110 valence electrons. The van der Waals surface area contributed by atoms with E-state index in [-0.39, 0.29) is 17.9 Å². The SMILES string of the molecule is CCCNC1COCC1C(=O)Nc1cccc(OC)c1. The molecule has 2 N–H and O–H groups in total. The maximum absolute atomic E-state index is 12.3. The molecule has 0 saturated carbocycles. The van der Waals surface area contributed by atoms with Crippen molar-refractivity contribution in [3.05, 3.63) is 24.3 Å². The molecule has 2 rings (SSSR count). The molecule has 1 fully saturated rings. The van der Waals surface area contributed by atoms with Gasteiger partial charge in [0.15, 0.2) is 0 Å². The summed E-state index contributed by atoms with van der Waals surface area (Å²) in [6.07, 6.45) is 1.04. The normalized spacial score (nSPS) is 21.7. The molecular weight excluding hydrogens is 256 g/mol. The number of anilines is 1. The standard InChI is InChI=1S/C15H22N2O3/c1-3-7-16-14-10-20-9-13(14)15(18)17-11-5-4-6-12(8-11)19-2/h4-6,8,13-14,16H,3,7,9-10H2,1-2H3,(H,17,18). The minimum absolute atomic E-state index is 0.00986. The van der Waals surface area contributed by atoms with Crippen LogP contribution < -0.4 is 15.4 Å². The number of carbonyl (C=O) groups excluding carboxylic acids is 1. The molecule has 1 aromatic carbocycles. The van der Waals surface area contributed by atoms with Crippen molar-refractivity contribution >= 4 is 11.6 Å². The quantitative estimate of drug-likeness (QED) is 0.830. The Kier molecular flexibility index (Phi) is 5.38. The molecule has 1 aromatic rings. The minimum Gasteiger partial charge on any atom is -0.497 e. The summed E-state index contributed by atoms with van der Waals surface area (Å²) in [5.41, 5.74) is 0.746. The highest BCUT2D eigenvalue weighted by Gasteiger charge is 2.33. The third-order valence-electron chi connectivity index (χ3n) is 3.41. The first kappa shape index (κ1) is 14.8. The molecule has 1 aliphatic rings. The Morgan fingerprint density at radius 2 is 2.30 bits per heavy atom. The molecule has 1 heterocycles. The number of ether oxygens (including phenoxy) is 2. The fraction of sp³-hybridized carbons (Fsp3) is 0.533. The van der Waals surface area contributed by atoms with E-state index in [2.05, 4.69) is 17.6 Å². The molecule has 0 aromatic heterocycles. The number of benzene rings is 1. The fourth-order valence-electron chi connectivity index (χ4n) is 2.28. The Hall–Kier alpha value is -1.59. The second-order valence-corrected chi connectivity index (χ2v) is 4.93. The Labute approximate surface area is 119 Å². The Balaban J connectivity index is 1.96. The molecule has 2 atom stereocenters. The van der Waals surface area contributed by atoms with E-state index in [0.717, 1.165) is 24.4 Å². The second-order valence-electron chi connectivity index (χ2n) is 4.93. The molecule has 2 unspecified atom stereocenters. The third-order valence-corrected chi connectivity index (χ3v) is 3.41. The predicted molar refractivity (Wildman–Crippen MR) is 78.0 cm³/mol. The highest BCUT2D eigenvalue weighted by atomic mass is 16.5. The van der Waals surface area contributed by atoms with Gasteiger partial charge < -0.3 is 20.1 Å². The van der Waals surface area contributed by atoms with Crippen LogP contribution in [0.25, 0.3) is 0 Å². The van der Waals surface area contributed by atoms with E-state index in [1.807, 2.05) is 24.3 Å². The number of hydrogen-bond donors (Lipinski definition) is 2. The molecule has 0 spiro atoms. The van der Waals surface area contributed by atoms with Crippen LogP contribution in [0.1, 0.15) is 13.3 Å². The van der Waals surface area contributed by atoms with E-state index < -0.39 is 0 Å². The molecule has 1 aliphatic heterocycles.